The van der Waals surface area contributed by atoms with Crippen LogP contribution in [0, 0.1) is 19.3 Å². The van der Waals surface area contributed by atoms with Crippen molar-refractivity contribution < 1.29 is 4.79 Å². The highest BCUT2D eigenvalue weighted by Crippen LogP contribution is 2.42. The molecule has 0 atom stereocenters. The van der Waals surface area contributed by atoms with Crippen LogP contribution in [-0.2, 0) is 13.0 Å². The van der Waals surface area contributed by atoms with Gasteiger partial charge in [0.2, 0.25) is 0 Å². The molecule has 0 radical (unpaired) electrons. The van der Waals surface area contributed by atoms with Gasteiger partial charge in [0.05, 0.1) is 0 Å². The molecule has 1 spiro atoms. The molecule has 0 aliphatic carbocycles. The molecule has 1 fully saturated rings. The summed E-state index contributed by atoms with van der Waals surface area (Å²) >= 11 is 0. The zero-order valence-electron chi connectivity index (χ0n) is 18.2. The molecular weight excluding hydrogens is 362 g/mol. The van der Waals surface area contributed by atoms with Gasteiger partial charge in [-0.3, -0.25) is 0 Å². The lowest BCUT2D eigenvalue weighted by Gasteiger charge is -2.41. The number of aromatic nitrogens is 3. The summed E-state index contributed by atoms with van der Waals surface area (Å²) in [6.07, 6.45) is 5.44. The van der Waals surface area contributed by atoms with Crippen molar-refractivity contribution in [2.45, 2.75) is 72.3 Å². The summed E-state index contributed by atoms with van der Waals surface area (Å²) in [5, 5.41) is 11.9. The van der Waals surface area contributed by atoms with Crippen molar-refractivity contribution in [3.8, 4) is 0 Å². The Labute approximate surface area is 173 Å². The number of nitrogens with zero attached hydrogens (tertiary/aromatic N) is 4. The number of benzene rings is 1. The van der Waals surface area contributed by atoms with Crippen molar-refractivity contribution in [2.24, 2.45) is 5.41 Å². The van der Waals surface area contributed by atoms with Crippen LogP contribution >= 0.6 is 0 Å². The molecule has 3 heterocycles. The molecule has 29 heavy (non-hydrogen) atoms. The highest BCUT2D eigenvalue weighted by molar-refractivity contribution is 5.89. The Morgan fingerprint density at radius 3 is 2.45 bits per heavy atom. The van der Waals surface area contributed by atoms with Crippen molar-refractivity contribution in [1.29, 1.82) is 0 Å². The summed E-state index contributed by atoms with van der Waals surface area (Å²) in [5.74, 6) is 2.66. The highest BCUT2D eigenvalue weighted by Gasteiger charge is 2.38. The van der Waals surface area contributed by atoms with Gasteiger partial charge in [-0.05, 0) is 68.2 Å². The predicted octanol–water partition coefficient (Wildman–Crippen LogP) is 4.67. The normalized spacial score (nSPS) is 18.6. The van der Waals surface area contributed by atoms with E-state index in [1.54, 1.807) is 0 Å². The molecule has 2 amide bonds. The Hall–Kier alpha value is -2.37. The average Bonchev–Trinajstić information content (AvgIpc) is 3.04. The molecule has 1 aromatic carbocycles. The average molecular weight is 396 g/mol. The second kappa shape index (κ2) is 7.81. The molecular formula is C23H33N5O. The van der Waals surface area contributed by atoms with Gasteiger partial charge < -0.3 is 14.8 Å². The van der Waals surface area contributed by atoms with Gasteiger partial charge in [-0.25, -0.2) is 4.79 Å². The molecule has 1 saturated heterocycles. The van der Waals surface area contributed by atoms with Gasteiger partial charge in [-0.2, -0.15) is 0 Å². The number of nitrogens with one attached hydrogen (secondary N) is 1. The Morgan fingerprint density at radius 2 is 1.76 bits per heavy atom. The minimum atomic E-state index is 0.0240. The first kappa shape index (κ1) is 19.9. The highest BCUT2D eigenvalue weighted by atomic mass is 16.2. The quantitative estimate of drug-likeness (QED) is 0.804. The molecule has 0 bridgehead atoms. The fraction of sp³-hybridized carbons (Fsp3) is 0.609. The molecule has 1 aromatic heterocycles. The summed E-state index contributed by atoms with van der Waals surface area (Å²) in [6.45, 7) is 11.2. The number of amides is 2. The molecule has 1 N–H and O–H groups in total. The third-order valence-corrected chi connectivity index (χ3v) is 6.99. The molecule has 0 saturated carbocycles. The Kier molecular flexibility index (Phi) is 5.36. The van der Waals surface area contributed by atoms with Gasteiger partial charge in [-0.15, -0.1) is 10.2 Å². The second-order valence-electron chi connectivity index (χ2n) is 9.25. The summed E-state index contributed by atoms with van der Waals surface area (Å²) in [7, 11) is 0. The number of likely N-dealkylation sites (tertiary alicyclic amines) is 1. The van der Waals surface area contributed by atoms with Crippen LogP contribution in [-0.4, -0.2) is 38.8 Å². The molecule has 0 unspecified atom stereocenters. The van der Waals surface area contributed by atoms with Crippen molar-refractivity contribution in [1.82, 2.24) is 19.7 Å². The van der Waals surface area contributed by atoms with Crippen LogP contribution in [0.1, 0.15) is 68.2 Å². The predicted molar refractivity (Wildman–Crippen MR) is 115 cm³/mol. The first-order chi connectivity index (χ1) is 13.9. The van der Waals surface area contributed by atoms with E-state index in [-0.39, 0.29) is 6.03 Å². The van der Waals surface area contributed by atoms with Gasteiger partial charge in [0.1, 0.15) is 11.6 Å². The third-order valence-electron chi connectivity index (χ3n) is 6.99. The molecule has 2 aliphatic heterocycles. The van der Waals surface area contributed by atoms with E-state index in [1.807, 2.05) is 17.0 Å². The fourth-order valence-corrected chi connectivity index (χ4v) is 4.76. The third kappa shape index (κ3) is 4.02. The van der Waals surface area contributed by atoms with Crippen molar-refractivity contribution in [3.63, 3.8) is 0 Å². The van der Waals surface area contributed by atoms with Crippen LogP contribution in [0.15, 0.2) is 18.2 Å². The number of urea groups is 1. The number of carbonyl (C=O) groups excluding carboxylic acids is 1. The molecule has 156 valence electrons. The number of aryl methyl sites for hydroxylation is 3. The maximum atomic E-state index is 12.8. The lowest BCUT2D eigenvalue weighted by atomic mass is 9.73. The molecule has 2 aromatic rings. The van der Waals surface area contributed by atoms with E-state index in [4.69, 9.17) is 0 Å². The second-order valence-corrected chi connectivity index (χ2v) is 9.25. The zero-order chi connectivity index (χ0) is 20.6. The van der Waals surface area contributed by atoms with E-state index < -0.39 is 0 Å². The number of carbonyl (C=O) groups is 1. The number of piperidine rings is 1. The zero-order valence-corrected chi connectivity index (χ0v) is 18.2. The topological polar surface area (TPSA) is 63.1 Å². The van der Waals surface area contributed by atoms with E-state index in [0.717, 1.165) is 69.1 Å². The van der Waals surface area contributed by atoms with Gasteiger partial charge in [0.15, 0.2) is 0 Å². The van der Waals surface area contributed by atoms with Crippen LogP contribution < -0.4 is 5.32 Å². The van der Waals surface area contributed by atoms with Gasteiger partial charge in [0, 0.05) is 37.7 Å². The smallest absolute Gasteiger partial charge is 0.321 e. The number of anilines is 1. The monoisotopic (exact) mass is 395 g/mol. The standard InChI is InChI=1S/C23H33N5O/c1-16(2)21-26-25-20-7-8-23(11-14-28(20)21)9-12-27(13-10-23)22(29)24-19-6-5-17(3)18(4)15-19/h5-6,15-16H,7-14H2,1-4H3,(H,24,29). The Balaban J connectivity index is 1.36. The summed E-state index contributed by atoms with van der Waals surface area (Å²) < 4.78 is 2.35. The van der Waals surface area contributed by atoms with Gasteiger partial charge in [-0.1, -0.05) is 19.9 Å². The first-order valence-electron chi connectivity index (χ1n) is 10.9. The number of rotatable bonds is 2. The van der Waals surface area contributed by atoms with E-state index in [1.165, 1.54) is 11.1 Å². The molecule has 6 heteroatoms. The maximum absolute atomic E-state index is 12.8. The van der Waals surface area contributed by atoms with E-state index in [9.17, 15) is 4.79 Å². The Bertz CT molecular complexity index is 893. The van der Waals surface area contributed by atoms with Crippen LogP contribution in [0.3, 0.4) is 0 Å². The van der Waals surface area contributed by atoms with Crippen LogP contribution in [0.2, 0.25) is 0 Å². The Morgan fingerprint density at radius 1 is 1.03 bits per heavy atom. The summed E-state index contributed by atoms with van der Waals surface area (Å²) in [4.78, 5) is 14.7. The van der Waals surface area contributed by atoms with Gasteiger partial charge >= 0.3 is 6.03 Å². The first-order valence-corrected chi connectivity index (χ1v) is 10.9. The molecule has 4 rings (SSSR count). The van der Waals surface area contributed by atoms with Gasteiger partial charge in [0.25, 0.3) is 0 Å². The van der Waals surface area contributed by atoms with Crippen molar-refractivity contribution in [2.75, 3.05) is 18.4 Å². The number of hydrogen-bond acceptors (Lipinski definition) is 3. The van der Waals surface area contributed by atoms with Crippen molar-refractivity contribution in [3.05, 3.63) is 41.0 Å². The number of hydrogen-bond donors (Lipinski definition) is 1. The van der Waals surface area contributed by atoms with Crippen molar-refractivity contribution >= 4 is 11.7 Å². The van der Waals surface area contributed by atoms with E-state index in [0.29, 0.717) is 11.3 Å². The largest absolute Gasteiger partial charge is 0.324 e. The van der Waals surface area contributed by atoms with Crippen LogP contribution in [0.25, 0.3) is 0 Å². The lowest BCUT2D eigenvalue weighted by Crippen LogP contribution is -2.45. The van der Waals surface area contributed by atoms with Crippen LogP contribution in [0.5, 0.6) is 0 Å². The molecule has 6 nitrogen and oxygen atoms in total. The fourth-order valence-electron chi connectivity index (χ4n) is 4.76. The SMILES string of the molecule is Cc1ccc(NC(=O)N2CCC3(CCc4nnc(C(C)C)n4CC3)CC2)cc1C. The van der Waals surface area contributed by atoms with Crippen LogP contribution in [0.4, 0.5) is 10.5 Å². The summed E-state index contributed by atoms with van der Waals surface area (Å²) in [6, 6.07) is 6.12. The molecule has 2 aliphatic rings. The number of fused-ring (bicyclic) bond motifs is 1. The van der Waals surface area contributed by atoms with E-state index in [2.05, 4.69) is 53.8 Å². The minimum absolute atomic E-state index is 0.0240. The lowest BCUT2D eigenvalue weighted by molar-refractivity contribution is 0.105. The minimum Gasteiger partial charge on any atom is -0.324 e. The maximum Gasteiger partial charge on any atom is 0.321 e. The summed E-state index contributed by atoms with van der Waals surface area (Å²) in [5.41, 5.74) is 3.65. The van der Waals surface area contributed by atoms with E-state index >= 15 is 0 Å².